The molecule has 0 aromatic heterocycles. The fourth-order valence-electron chi connectivity index (χ4n) is 2.82. The van der Waals surface area contributed by atoms with Gasteiger partial charge < -0.3 is 20.3 Å². The van der Waals surface area contributed by atoms with Crippen LogP contribution < -0.4 is 10.5 Å². The third-order valence-electron chi connectivity index (χ3n) is 3.69. The van der Waals surface area contributed by atoms with E-state index in [0.717, 1.165) is 25.9 Å². The Bertz CT molecular complexity index is 488. The van der Waals surface area contributed by atoms with Gasteiger partial charge in [0.2, 0.25) is 0 Å². The predicted octanol–water partition coefficient (Wildman–Crippen LogP) is 1.44. The van der Waals surface area contributed by atoms with E-state index in [9.17, 15) is 4.79 Å². The van der Waals surface area contributed by atoms with Crippen molar-refractivity contribution >= 4 is 11.6 Å². The number of hydrogen-bond donors (Lipinski definition) is 1. The molecule has 1 aliphatic heterocycles. The number of para-hydroxylation sites is 1. The Labute approximate surface area is 120 Å². The van der Waals surface area contributed by atoms with Crippen LogP contribution in [-0.2, 0) is 0 Å². The number of rotatable bonds is 4. The van der Waals surface area contributed by atoms with Gasteiger partial charge in [-0.1, -0.05) is 6.07 Å². The molecular formula is C15H23N3O2. The Morgan fingerprint density at radius 2 is 2.25 bits per heavy atom. The Balaban J connectivity index is 2.25. The minimum atomic E-state index is 0.0125. The largest absolute Gasteiger partial charge is 0.494 e. The van der Waals surface area contributed by atoms with Gasteiger partial charge in [-0.25, -0.2) is 0 Å². The van der Waals surface area contributed by atoms with Crippen LogP contribution in [0, 0.1) is 0 Å². The lowest BCUT2D eigenvalue weighted by Gasteiger charge is -2.27. The van der Waals surface area contributed by atoms with Crippen molar-refractivity contribution in [3.8, 4) is 5.75 Å². The van der Waals surface area contributed by atoms with Gasteiger partial charge in [0.05, 0.1) is 18.4 Å². The Kier molecular flexibility index (Phi) is 4.49. The van der Waals surface area contributed by atoms with Gasteiger partial charge in [0.15, 0.2) is 5.75 Å². The van der Waals surface area contributed by atoms with Crippen molar-refractivity contribution in [2.75, 3.05) is 40.0 Å². The highest BCUT2D eigenvalue weighted by Crippen LogP contribution is 2.29. The first-order valence-corrected chi connectivity index (χ1v) is 6.92. The molecular weight excluding hydrogens is 254 g/mol. The molecule has 0 bridgehead atoms. The van der Waals surface area contributed by atoms with Gasteiger partial charge in [0, 0.05) is 19.1 Å². The molecule has 1 aromatic carbocycles. The lowest BCUT2D eigenvalue weighted by atomic mass is 10.1. The first-order chi connectivity index (χ1) is 9.54. The van der Waals surface area contributed by atoms with Crippen molar-refractivity contribution in [2.45, 2.75) is 18.9 Å². The fourth-order valence-corrected chi connectivity index (χ4v) is 2.82. The molecule has 5 nitrogen and oxygen atoms in total. The summed E-state index contributed by atoms with van der Waals surface area (Å²) in [4.78, 5) is 16.8. The van der Waals surface area contributed by atoms with E-state index in [1.807, 2.05) is 19.0 Å². The molecule has 0 saturated carbocycles. The van der Waals surface area contributed by atoms with Crippen LogP contribution in [0.15, 0.2) is 18.2 Å². The molecule has 1 unspecified atom stereocenters. The summed E-state index contributed by atoms with van der Waals surface area (Å²) in [7, 11) is 5.61. The average molecular weight is 277 g/mol. The minimum absolute atomic E-state index is 0.0125. The number of methoxy groups -OCH3 is 1. The van der Waals surface area contributed by atoms with Gasteiger partial charge in [0.1, 0.15) is 0 Å². The van der Waals surface area contributed by atoms with E-state index < -0.39 is 0 Å². The monoisotopic (exact) mass is 277 g/mol. The van der Waals surface area contributed by atoms with Crippen LogP contribution in [0.25, 0.3) is 0 Å². The third kappa shape index (κ3) is 2.88. The maximum absolute atomic E-state index is 12.7. The number of nitrogens with zero attached hydrogens (tertiary/aromatic N) is 2. The van der Waals surface area contributed by atoms with Crippen LogP contribution in [0.5, 0.6) is 5.75 Å². The molecule has 20 heavy (non-hydrogen) atoms. The molecule has 5 heteroatoms. The topological polar surface area (TPSA) is 58.8 Å². The van der Waals surface area contributed by atoms with Gasteiger partial charge in [-0.3, -0.25) is 4.79 Å². The summed E-state index contributed by atoms with van der Waals surface area (Å²) in [6, 6.07) is 5.59. The highest BCUT2D eigenvalue weighted by molar-refractivity contribution is 5.99. The van der Waals surface area contributed by atoms with E-state index in [1.54, 1.807) is 25.3 Å². The summed E-state index contributed by atoms with van der Waals surface area (Å²) in [6.07, 6.45) is 2.10. The normalized spacial score (nSPS) is 18.6. The van der Waals surface area contributed by atoms with Gasteiger partial charge in [-0.15, -0.1) is 0 Å². The van der Waals surface area contributed by atoms with E-state index in [1.165, 1.54) is 0 Å². The minimum Gasteiger partial charge on any atom is -0.494 e. The van der Waals surface area contributed by atoms with Crippen LogP contribution >= 0.6 is 0 Å². The highest BCUT2D eigenvalue weighted by atomic mass is 16.5. The van der Waals surface area contributed by atoms with E-state index in [2.05, 4.69) is 4.90 Å². The van der Waals surface area contributed by atoms with Gasteiger partial charge in [-0.2, -0.15) is 0 Å². The van der Waals surface area contributed by atoms with Crippen LogP contribution in [0.4, 0.5) is 5.69 Å². The van der Waals surface area contributed by atoms with Gasteiger partial charge in [-0.05, 0) is 39.1 Å². The van der Waals surface area contributed by atoms with Crippen LogP contribution in [-0.4, -0.2) is 56.0 Å². The lowest BCUT2D eigenvalue weighted by Crippen LogP contribution is -2.41. The molecule has 1 heterocycles. The second kappa shape index (κ2) is 6.13. The summed E-state index contributed by atoms with van der Waals surface area (Å²) < 4.78 is 5.29. The molecule has 1 saturated heterocycles. The van der Waals surface area contributed by atoms with E-state index in [4.69, 9.17) is 10.5 Å². The lowest BCUT2D eigenvalue weighted by molar-refractivity contribution is 0.0713. The number of carbonyl (C=O) groups is 1. The number of nitrogens with two attached hydrogens (primary N) is 1. The fraction of sp³-hybridized carbons (Fsp3) is 0.533. The summed E-state index contributed by atoms with van der Waals surface area (Å²) in [6.45, 7) is 1.69. The molecule has 110 valence electrons. The molecule has 0 spiro atoms. The summed E-state index contributed by atoms with van der Waals surface area (Å²) in [5.41, 5.74) is 6.94. The van der Waals surface area contributed by atoms with E-state index in [0.29, 0.717) is 17.0 Å². The number of ether oxygens (including phenoxy) is 1. The van der Waals surface area contributed by atoms with Crippen molar-refractivity contribution in [1.82, 2.24) is 9.80 Å². The quantitative estimate of drug-likeness (QED) is 0.846. The molecule has 1 amide bonds. The summed E-state index contributed by atoms with van der Waals surface area (Å²) in [5, 5.41) is 0. The maximum Gasteiger partial charge on any atom is 0.257 e. The number of anilines is 1. The number of amides is 1. The zero-order valence-electron chi connectivity index (χ0n) is 12.4. The van der Waals surface area contributed by atoms with Crippen LogP contribution in [0.1, 0.15) is 23.2 Å². The standard InChI is InChI=1S/C15H23N3O2/c1-17(2)10-11-6-5-9-18(11)15(19)12-7-4-8-13(16)14(12)20-3/h4,7-8,11H,5-6,9-10,16H2,1-3H3. The van der Waals surface area contributed by atoms with Crippen molar-refractivity contribution in [3.05, 3.63) is 23.8 Å². The average Bonchev–Trinajstić information content (AvgIpc) is 2.84. The number of hydrogen-bond acceptors (Lipinski definition) is 4. The predicted molar refractivity (Wildman–Crippen MR) is 80.0 cm³/mol. The Morgan fingerprint density at radius 1 is 1.50 bits per heavy atom. The van der Waals surface area contributed by atoms with Crippen LogP contribution in [0.2, 0.25) is 0 Å². The second-order valence-corrected chi connectivity index (χ2v) is 5.48. The second-order valence-electron chi connectivity index (χ2n) is 5.48. The number of carbonyl (C=O) groups excluding carboxylic acids is 1. The SMILES string of the molecule is COc1c(N)cccc1C(=O)N1CCCC1CN(C)C. The van der Waals surface area contributed by atoms with E-state index in [-0.39, 0.29) is 11.9 Å². The van der Waals surface area contributed by atoms with Crippen molar-refractivity contribution < 1.29 is 9.53 Å². The first-order valence-electron chi connectivity index (χ1n) is 6.92. The number of benzene rings is 1. The van der Waals surface area contributed by atoms with Crippen LogP contribution in [0.3, 0.4) is 0 Å². The summed E-state index contributed by atoms with van der Waals surface area (Å²) >= 11 is 0. The maximum atomic E-state index is 12.7. The molecule has 1 aliphatic rings. The molecule has 2 rings (SSSR count). The summed E-state index contributed by atoms with van der Waals surface area (Å²) in [5.74, 6) is 0.492. The number of nitrogen functional groups attached to an aromatic ring is 1. The van der Waals surface area contributed by atoms with Crippen molar-refractivity contribution in [2.24, 2.45) is 0 Å². The third-order valence-corrected chi connectivity index (χ3v) is 3.69. The van der Waals surface area contributed by atoms with Crippen molar-refractivity contribution in [1.29, 1.82) is 0 Å². The molecule has 1 fully saturated rings. The zero-order valence-corrected chi connectivity index (χ0v) is 12.4. The molecule has 0 aliphatic carbocycles. The zero-order chi connectivity index (χ0) is 14.7. The highest BCUT2D eigenvalue weighted by Gasteiger charge is 2.31. The molecule has 2 N–H and O–H groups in total. The number of likely N-dealkylation sites (N-methyl/N-ethyl adjacent to an activating group) is 1. The van der Waals surface area contributed by atoms with Crippen molar-refractivity contribution in [3.63, 3.8) is 0 Å². The Hall–Kier alpha value is -1.75. The molecule has 1 atom stereocenters. The van der Waals surface area contributed by atoms with Gasteiger partial charge in [0.25, 0.3) is 5.91 Å². The Morgan fingerprint density at radius 3 is 2.90 bits per heavy atom. The van der Waals surface area contributed by atoms with Gasteiger partial charge >= 0.3 is 0 Å². The molecule has 1 aromatic rings. The number of likely N-dealkylation sites (tertiary alicyclic amines) is 1. The molecule has 0 radical (unpaired) electrons. The smallest absolute Gasteiger partial charge is 0.257 e. The first kappa shape index (κ1) is 14.7. The van der Waals surface area contributed by atoms with E-state index >= 15 is 0 Å².